The van der Waals surface area contributed by atoms with Crippen LogP contribution in [-0.2, 0) is 4.74 Å². The van der Waals surface area contributed by atoms with Gasteiger partial charge in [-0.2, -0.15) is 0 Å². The van der Waals surface area contributed by atoms with Crippen molar-refractivity contribution in [3.63, 3.8) is 0 Å². The number of aliphatic hydroxyl groups is 1. The number of hydrogen-bond donors (Lipinski definition) is 3. The molecular weight excluding hydrogens is 194 g/mol. The van der Waals surface area contributed by atoms with Crippen LogP contribution in [0, 0.1) is 5.92 Å². The third-order valence-electron chi connectivity index (χ3n) is 2.80. The van der Waals surface area contributed by atoms with Gasteiger partial charge in [-0.3, -0.25) is 0 Å². The van der Waals surface area contributed by atoms with E-state index in [1.807, 2.05) is 0 Å². The van der Waals surface area contributed by atoms with E-state index in [2.05, 4.69) is 0 Å². The van der Waals surface area contributed by atoms with Crippen LogP contribution in [0.4, 0.5) is 5.69 Å². The van der Waals surface area contributed by atoms with Gasteiger partial charge in [0.15, 0.2) is 0 Å². The van der Waals surface area contributed by atoms with Gasteiger partial charge in [-0.1, -0.05) is 0 Å². The SMILES string of the molecule is Nc1ccc(O)cc1C(O)C1CCOC1. The molecule has 0 aliphatic carbocycles. The van der Waals surface area contributed by atoms with Gasteiger partial charge in [-0.05, 0) is 24.6 Å². The van der Waals surface area contributed by atoms with Crippen molar-refractivity contribution in [1.29, 1.82) is 0 Å². The molecule has 0 bridgehead atoms. The molecule has 0 aromatic heterocycles. The lowest BCUT2D eigenvalue weighted by atomic mass is 9.94. The van der Waals surface area contributed by atoms with Gasteiger partial charge in [0, 0.05) is 23.8 Å². The van der Waals surface area contributed by atoms with Crippen LogP contribution >= 0.6 is 0 Å². The fraction of sp³-hybridized carbons (Fsp3) is 0.455. The standard InChI is InChI=1S/C11H15NO3/c12-10-2-1-8(13)5-9(10)11(14)7-3-4-15-6-7/h1-2,5,7,11,13-14H,3-4,6,12H2. The summed E-state index contributed by atoms with van der Waals surface area (Å²) in [5.41, 5.74) is 6.84. The molecule has 0 spiro atoms. The Bertz CT molecular complexity index is 348. The van der Waals surface area contributed by atoms with E-state index in [4.69, 9.17) is 10.5 Å². The zero-order chi connectivity index (χ0) is 10.8. The first-order valence-corrected chi connectivity index (χ1v) is 5.02. The molecule has 4 heteroatoms. The van der Waals surface area contributed by atoms with Crippen LogP contribution in [-0.4, -0.2) is 23.4 Å². The summed E-state index contributed by atoms with van der Waals surface area (Å²) in [5.74, 6) is 0.200. The third-order valence-corrected chi connectivity index (χ3v) is 2.80. The van der Waals surface area contributed by atoms with E-state index in [1.54, 1.807) is 6.07 Å². The van der Waals surface area contributed by atoms with E-state index >= 15 is 0 Å². The molecule has 1 heterocycles. The molecule has 1 fully saturated rings. The average Bonchev–Trinajstić information content (AvgIpc) is 2.74. The average molecular weight is 209 g/mol. The van der Waals surface area contributed by atoms with Crippen LogP contribution < -0.4 is 5.73 Å². The lowest BCUT2D eigenvalue weighted by molar-refractivity contribution is 0.0922. The lowest BCUT2D eigenvalue weighted by Crippen LogP contribution is -2.14. The first kappa shape index (κ1) is 10.3. The maximum atomic E-state index is 10.1. The minimum atomic E-state index is -0.653. The van der Waals surface area contributed by atoms with Crippen molar-refractivity contribution in [3.8, 4) is 5.75 Å². The van der Waals surface area contributed by atoms with Gasteiger partial charge in [0.1, 0.15) is 5.75 Å². The van der Waals surface area contributed by atoms with Crippen molar-refractivity contribution < 1.29 is 14.9 Å². The van der Waals surface area contributed by atoms with Crippen LogP contribution in [0.5, 0.6) is 5.75 Å². The molecule has 15 heavy (non-hydrogen) atoms. The number of aromatic hydroxyl groups is 1. The number of nitrogens with two attached hydrogens (primary N) is 1. The second kappa shape index (κ2) is 4.08. The van der Waals surface area contributed by atoms with Gasteiger partial charge in [0.2, 0.25) is 0 Å². The van der Waals surface area contributed by atoms with Crippen LogP contribution in [0.1, 0.15) is 18.1 Å². The molecule has 1 aromatic carbocycles. The van der Waals surface area contributed by atoms with Crippen LogP contribution in [0.25, 0.3) is 0 Å². The maximum absolute atomic E-state index is 10.1. The summed E-state index contributed by atoms with van der Waals surface area (Å²) in [6.45, 7) is 1.23. The van der Waals surface area contributed by atoms with Crippen molar-refractivity contribution in [2.45, 2.75) is 12.5 Å². The van der Waals surface area contributed by atoms with Crippen molar-refractivity contribution >= 4 is 5.69 Å². The Balaban J connectivity index is 2.23. The molecule has 0 saturated carbocycles. The summed E-state index contributed by atoms with van der Waals surface area (Å²) >= 11 is 0. The van der Waals surface area contributed by atoms with Gasteiger partial charge in [-0.25, -0.2) is 0 Å². The Hall–Kier alpha value is -1.26. The van der Waals surface area contributed by atoms with Gasteiger partial charge >= 0.3 is 0 Å². The first-order valence-electron chi connectivity index (χ1n) is 5.02. The van der Waals surface area contributed by atoms with Crippen LogP contribution in [0.15, 0.2) is 18.2 Å². The molecule has 1 aliphatic heterocycles. The second-order valence-electron chi connectivity index (χ2n) is 3.88. The predicted octanol–water partition coefficient (Wildman–Crippen LogP) is 1.04. The summed E-state index contributed by atoms with van der Waals surface area (Å²) in [6, 6.07) is 4.62. The van der Waals surface area contributed by atoms with Gasteiger partial charge in [-0.15, -0.1) is 0 Å². The van der Waals surface area contributed by atoms with E-state index in [0.29, 0.717) is 24.5 Å². The van der Waals surface area contributed by atoms with E-state index in [9.17, 15) is 10.2 Å². The van der Waals surface area contributed by atoms with E-state index in [-0.39, 0.29) is 11.7 Å². The Morgan fingerprint density at radius 2 is 2.27 bits per heavy atom. The maximum Gasteiger partial charge on any atom is 0.116 e. The van der Waals surface area contributed by atoms with Gasteiger partial charge < -0.3 is 20.7 Å². The number of anilines is 1. The molecule has 2 rings (SSSR count). The molecule has 0 radical (unpaired) electrons. The normalized spacial score (nSPS) is 22.9. The summed E-state index contributed by atoms with van der Waals surface area (Å²) < 4.78 is 5.21. The molecule has 2 atom stereocenters. The Kier molecular flexibility index (Phi) is 2.79. The highest BCUT2D eigenvalue weighted by molar-refractivity contribution is 5.51. The molecule has 1 aliphatic rings. The fourth-order valence-electron chi connectivity index (χ4n) is 1.87. The van der Waals surface area contributed by atoms with Gasteiger partial charge in [0.05, 0.1) is 12.7 Å². The topological polar surface area (TPSA) is 75.7 Å². The Morgan fingerprint density at radius 3 is 2.93 bits per heavy atom. The highest BCUT2D eigenvalue weighted by atomic mass is 16.5. The number of rotatable bonds is 2. The minimum absolute atomic E-state index is 0.0779. The third kappa shape index (κ3) is 2.06. The number of phenolic OH excluding ortho intramolecular Hbond substituents is 1. The lowest BCUT2D eigenvalue weighted by Gasteiger charge is -2.18. The van der Waals surface area contributed by atoms with Crippen molar-refractivity contribution in [2.24, 2.45) is 5.92 Å². The number of hydrogen-bond acceptors (Lipinski definition) is 4. The number of ether oxygens (including phenoxy) is 1. The number of aliphatic hydroxyl groups excluding tert-OH is 1. The molecule has 1 saturated heterocycles. The highest BCUT2D eigenvalue weighted by Crippen LogP contribution is 2.33. The molecule has 1 aromatic rings. The Labute approximate surface area is 88.3 Å². The smallest absolute Gasteiger partial charge is 0.116 e. The van der Waals surface area contributed by atoms with Crippen molar-refractivity contribution in [1.82, 2.24) is 0 Å². The largest absolute Gasteiger partial charge is 0.508 e. The van der Waals surface area contributed by atoms with E-state index < -0.39 is 6.10 Å². The molecule has 82 valence electrons. The zero-order valence-corrected chi connectivity index (χ0v) is 8.39. The molecule has 2 unspecified atom stereocenters. The minimum Gasteiger partial charge on any atom is -0.508 e. The Morgan fingerprint density at radius 1 is 1.47 bits per heavy atom. The van der Waals surface area contributed by atoms with Gasteiger partial charge in [0.25, 0.3) is 0 Å². The second-order valence-corrected chi connectivity index (χ2v) is 3.88. The summed E-state index contributed by atoms with van der Waals surface area (Å²) in [5, 5.41) is 19.4. The molecular formula is C11H15NO3. The fourth-order valence-corrected chi connectivity index (χ4v) is 1.87. The number of nitrogen functional groups attached to an aromatic ring is 1. The molecule has 4 N–H and O–H groups in total. The van der Waals surface area contributed by atoms with Crippen molar-refractivity contribution in [2.75, 3.05) is 18.9 Å². The predicted molar refractivity (Wildman–Crippen MR) is 56.4 cm³/mol. The summed E-state index contributed by atoms with van der Waals surface area (Å²) in [7, 11) is 0. The van der Waals surface area contributed by atoms with E-state index in [0.717, 1.165) is 6.42 Å². The van der Waals surface area contributed by atoms with Crippen LogP contribution in [0.2, 0.25) is 0 Å². The zero-order valence-electron chi connectivity index (χ0n) is 8.39. The number of benzene rings is 1. The van der Waals surface area contributed by atoms with E-state index in [1.165, 1.54) is 12.1 Å². The van der Waals surface area contributed by atoms with Crippen molar-refractivity contribution in [3.05, 3.63) is 23.8 Å². The molecule has 4 nitrogen and oxygen atoms in total. The monoisotopic (exact) mass is 209 g/mol. The highest BCUT2D eigenvalue weighted by Gasteiger charge is 2.26. The molecule has 0 amide bonds. The number of phenols is 1. The van der Waals surface area contributed by atoms with Crippen LogP contribution in [0.3, 0.4) is 0 Å². The quantitative estimate of drug-likeness (QED) is 0.502. The first-order chi connectivity index (χ1) is 7.18. The summed E-state index contributed by atoms with van der Waals surface area (Å²) in [6.07, 6.45) is 0.176. The summed E-state index contributed by atoms with van der Waals surface area (Å²) in [4.78, 5) is 0.